The van der Waals surface area contributed by atoms with E-state index in [1.165, 1.54) is 7.11 Å². The molecular formula is C30H34N4O7. The highest BCUT2D eigenvalue weighted by molar-refractivity contribution is 5.89. The summed E-state index contributed by atoms with van der Waals surface area (Å²) >= 11 is 0. The fourth-order valence-electron chi connectivity index (χ4n) is 5.72. The van der Waals surface area contributed by atoms with Crippen LogP contribution in [-0.2, 0) is 16.0 Å². The van der Waals surface area contributed by atoms with Crippen LogP contribution < -0.4 is 35.9 Å². The molecule has 1 unspecified atom stereocenters. The number of ether oxygens (including phenoxy) is 2. The summed E-state index contributed by atoms with van der Waals surface area (Å²) in [6, 6.07) is 12.5. The van der Waals surface area contributed by atoms with E-state index in [1.807, 2.05) is 31.2 Å². The highest BCUT2D eigenvalue weighted by Gasteiger charge is 2.35. The third kappa shape index (κ3) is 5.57. The van der Waals surface area contributed by atoms with Crippen LogP contribution in [0.3, 0.4) is 0 Å². The summed E-state index contributed by atoms with van der Waals surface area (Å²) in [6.45, 7) is 4.26. The first-order valence-electron chi connectivity index (χ1n) is 13.7. The van der Waals surface area contributed by atoms with Crippen molar-refractivity contribution in [2.24, 2.45) is 5.73 Å². The minimum atomic E-state index is -0.835. The van der Waals surface area contributed by atoms with Crippen molar-refractivity contribution >= 4 is 23.2 Å². The number of para-hydroxylation sites is 1. The number of hydrogen-bond donors (Lipinski definition) is 2. The lowest BCUT2D eigenvalue weighted by molar-refractivity contribution is -0.139. The summed E-state index contributed by atoms with van der Waals surface area (Å²) in [7, 11) is 1.52. The van der Waals surface area contributed by atoms with Crippen molar-refractivity contribution in [1.82, 2.24) is 4.90 Å². The van der Waals surface area contributed by atoms with Crippen molar-refractivity contribution in [3.63, 3.8) is 0 Å². The van der Waals surface area contributed by atoms with Gasteiger partial charge in [0.15, 0.2) is 5.75 Å². The van der Waals surface area contributed by atoms with E-state index in [2.05, 4.69) is 4.90 Å². The minimum absolute atomic E-state index is 0.0430. The van der Waals surface area contributed by atoms with Crippen LogP contribution in [0.5, 0.6) is 17.2 Å². The van der Waals surface area contributed by atoms with Gasteiger partial charge in [-0.1, -0.05) is 24.3 Å². The van der Waals surface area contributed by atoms with Crippen LogP contribution in [0.1, 0.15) is 24.0 Å². The van der Waals surface area contributed by atoms with Crippen LogP contribution in [-0.4, -0.2) is 73.8 Å². The van der Waals surface area contributed by atoms with Crippen molar-refractivity contribution in [1.29, 1.82) is 0 Å². The molecule has 2 amide bonds. The minimum Gasteiger partial charge on any atom is -0.502 e. The predicted molar refractivity (Wildman–Crippen MR) is 154 cm³/mol. The summed E-state index contributed by atoms with van der Waals surface area (Å²) in [5, 5.41) is 9.71. The van der Waals surface area contributed by atoms with Gasteiger partial charge < -0.3 is 35.0 Å². The third-order valence-corrected chi connectivity index (χ3v) is 8.01. The molecule has 2 aliphatic rings. The number of rotatable bonds is 8. The molecule has 2 fully saturated rings. The third-order valence-electron chi connectivity index (χ3n) is 8.01. The molecule has 11 heteroatoms. The SMILES string of the molecule is COc1cc(OC2CCN(c3c(O)c(=O)c3=O)CC2)ccc1CC(=O)N1CCN(c2ccccc2C)CC1C(N)=O. The van der Waals surface area contributed by atoms with Gasteiger partial charge in [0, 0.05) is 62.9 Å². The zero-order chi connectivity index (χ0) is 29.3. The number of piperidine rings is 1. The highest BCUT2D eigenvalue weighted by Crippen LogP contribution is 2.30. The molecule has 2 saturated heterocycles. The smallest absolute Gasteiger partial charge is 0.271 e. The Bertz CT molecular complexity index is 1520. The summed E-state index contributed by atoms with van der Waals surface area (Å²) in [5.74, 6) is -0.136. The van der Waals surface area contributed by atoms with Gasteiger partial charge in [0.1, 0.15) is 29.3 Å². The van der Waals surface area contributed by atoms with Gasteiger partial charge in [-0.05, 0) is 24.6 Å². The second-order valence-electron chi connectivity index (χ2n) is 10.5. The van der Waals surface area contributed by atoms with Crippen LogP contribution in [0.15, 0.2) is 52.1 Å². The zero-order valence-corrected chi connectivity index (χ0v) is 23.2. The Morgan fingerprint density at radius 1 is 1.00 bits per heavy atom. The van der Waals surface area contributed by atoms with Crippen LogP contribution in [0.4, 0.5) is 11.4 Å². The van der Waals surface area contributed by atoms with E-state index in [9.17, 15) is 24.3 Å². The van der Waals surface area contributed by atoms with Crippen LogP contribution in [0.25, 0.3) is 0 Å². The molecule has 5 rings (SSSR count). The van der Waals surface area contributed by atoms with Gasteiger partial charge >= 0.3 is 0 Å². The van der Waals surface area contributed by atoms with Gasteiger partial charge in [0.25, 0.3) is 10.9 Å². The molecular weight excluding hydrogens is 528 g/mol. The summed E-state index contributed by atoms with van der Waals surface area (Å²) in [4.78, 5) is 54.2. The van der Waals surface area contributed by atoms with Gasteiger partial charge in [0.2, 0.25) is 11.8 Å². The fraction of sp³-hybridized carbons (Fsp3) is 0.400. The number of hydrogen-bond acceptors (Lipinski definition) is 9. The Morgan fingerprint density at radius 3 is 2.39 bits per heavy atom. The van der Waals surface area contributed by atoms with Crippen molar-refractivity contribution in [3.8, 4) is 17.2 Å². The molecule has 0 spiro atoms. The number of benzene rings is 2. The van der Waals surface area contributed by atoms with E-state index in [1.54, 1.807) is 28.0 Å². The van der Waals surface area contributed by atoms with Gasteiger partial charge in [-0.25, -0.2) is 0 Å². The molecule has 41 heavy (non-hydrogen) atoms. The summed E-state index contributed by atoms with van der Waals surface area (Å²) < 4.78 is 11.7. The zero-order valence-electron chi connectivity index (χ0n) is 23.2. The molecule has 216 valence electrons. The molecule has 0 radical (unpaired) electrons. The quantitative estimate of drug-likeness (QED) is 0.386. The monoisotopic (exact) mass is 562 g/mol. The average Bonchev–Trinajstić information content (AvgIpc) is 2.98. The Kier molecular flexibility index (Phi) is 7.87. The normalized spacial score (nSPS) is 18.0. The first kappa shape index (κ1) is 28.0. The second-order valence-corrected chi connectivity index (χ2v) is 10.5. The number of aryl methyl sites for hydroxylation is 1. The molecule has 0 saturated carbocycles. The molecule has 2 aliphatic heterocycles. The van der Waals surface area contributed by atoms with Gasteiger partial charge in [-0.15, -0.1) is 0 Å². The number of carbonyl (C=O) groups is 2. The second kappa shape index (κ2) is 11.5. The Morgan fingerprint density at radius 2 is 1.73 bits per heavy atom. The first-order chi connectivity index (χ1) is 19.7. The van der Waals surface area contributed by atoms with Crippen LogP contribution in [0, 0.1) is 6.92 Å². The molecule has 2 heterocycles. The lowest BCUT2D eigenvalue weighted by Crippen LogP contribution is -2.60. The number of anilines is 2. The van der Waals surface area contributed by atoms with Crippen LogP contribution in [0.2, 0.25) is 0 Å². The van der Waals surface area contributed by atoms with E-state index in [0.717, 1.165) is 11.3 Å². The van der Waals surface area contributed by atoms with Crippen LogP contribution >= 0.6 is 0 Å². The van der Waals surface area contributed by atoms with E-state index >= 15 is 0 Å². The number of aromatic hydroxyl groups is 1. The summed E-state index contributed by atoms with van der Waals surface area (Å²) in [6.07, 6.45) is 1.12. The maximum absolute atomic E-state index is 13.4. The van der Waals surface area contributed by atoms with Gasteiger partial charge in [-0.3, -0.25) is 19.2 Å². The van der Waals surface area contributed by atoms with E-state index in [-0.39, 0.29) is 24.1 Å². The Hall–Kier alpha value is -4.54. The maximum atomic E-state index is 13.4. The van der Waals surface area contributed by atoms with E-state index in [0.29, 0.717) is 62.6 Å². The highest BCUT2D eigenvalue weighted by atomic mass is 16.5. The number of primary amides is 1. The fourth-order valence-corrected chi connectivity index (χ4v) is 5.72. The van der Waals surface area contributed by atoms with Gasteiger partial charge in [-0.2, -0.15) is 0 Å². The number of nitrogens with two attached hydrogens (primary N) is 1. The topological polar surface area (TPSA) is 143 Å². The van der Waals surface area contributed by atoms with Crippen molar-refractivity contribution in [2.75, 3.05) is 49.6 Å². The molecule has 0 bridgehead atoms. The maximum Gasteiger partial charge on any atom is 0.271 e. The lowest BCUT2D eigenvalue weighted by atomic mass is 10.0. The standard InChI is InChI=1S/C30H34N4O7/c1-18-5-3-4-6-22(18)33-13-14-34(23(17-33)30(31)39)25(35)15-19-7-8-21(16-24(19)40-2)41-20-9-11-32(12-10-20)26-27(36)29(38)28(26)37/h3-8,16,20,23,36H,9-15,17H2,1-2H3,(H2,31,39). The molecule has 11 nitrogen and oxygen atoms in total. The Labute approximate surface area is 237 Å². The number of methoxy groups -OCH3 is 1. The van der Waals surface area contributed by atoms with E-state index in [4.69, 9.17) is 15.2 Å². The molecule has 3 N–H and O–H groups in total. The molecule has 3 aromatic rings. The van der Waals surface area contributed by atoms with Crippen molar-refractivity contribution in [3.05, 3.63) is 74.0 Å². The summed E-state index contributed by atoms with van der Waals surface area (Å²) in [5.41, 5.74) is 7.14. The number of amides is 2. The Balaban J connectivity index is 1.21. The number of nitrogens with zero attached hydrogens (tertiary/aromatic N) is 3. The average molecular weight is 563 g/mol. The lowest BCUT2D eigenvalue weighted by Gasteiger charge is -2.41. The first-order valence-corrected chi connectivity index (χ1v) is 13.7. The number of carbonyl (C=O) groups excluding carboxylic acids is 2. The molecule has 0 aromatic heterocycles. The molecule has 1 atom stereocenters. The molecule has 3 aromatic carbocycles. The van der Waals surface area contributed by atoms with Crippen molar-refractivity contribution < 1.29 is 24.2 Å². The largest absolute Gasteiger partial charge is 0.502 e. The number of piperazine rings is 1. The predicted octanol–water partition coefficient (Wildman–Crippen LogP) is 1.10. The van der Waals surface area contributed by atoms with Crippen molar-refractivity contribution in [2.45, 2.75) is 38.3 Å². The van der Waals surface area contributed by atoms with E-state index < -0.39 is 28.6 Å². The van der Waals surface area contributed by atoms with Gasteiger partial charge in [0.05, 0.1) is 13.5 Å². The molecule has 0 aliphatic carbocycles.